The zero-order valence-electron chi connectivity index (χ0n) is 12.4. The highest BCUT2D eigenvalue weighted by Gasteiger charge is 2.28. The number of ether oxygens (including phenoxy) is 1. The number of pyridine rings is 1. The van der Waals surface area contributed by atoms with Gasteiger partial charge in [-0.25, -0.2) is 9.78 Å². The predicted octanol–water partition coefficient (Wildman–Crippen LogP) is 2.47. The molecule has 0 spiro atoms. The van der Waals surface area contributed by atoms with E-state index in [0.717, 1.165) is 12.5 Å². The molecule has 1 fully saturated rings. The van der Waals surface area contributed by atoms with Gasteiger partial charge in [-0.05, 0) is 45.6 Å². The van der Waals surface area contributed by atoms with Crippen molar-refractivity contribution in [3.05, 3.63) is 17.8 Å². The highest BCUT2D eigenvalue weighted by molar-refractivity contribution is 5.97. The average molecular weight is 277 g/mol. The number of nitrogens with two attached hydrogens (primary N) is 1. The van der Waals surface area contributed by atoms with Crippen LogP contribution in [-0.2, 0) is 4.74 Å². The number of carbonyl (C=O) groups is 1. The first-order valence-electron chi connectivity index (χ1n) is 7.22. The minimum absolute atomic E-state index is 0.294. The molecule has 2 N–H and O–H groups in total. The molecule has 0 atom stereocenters. The minimum Gasteiger partial charge on any atom is -0.462 e. The molecule has 0 aliphatic heterocycles. The maximum absolute atomic E-state index is 11.9. The van der Waals surface area contributed by atoms with E-state index >= 15 is 0 Å². The number of anilines is 2. The number of carbonyl (C=O) groups excluding carboxylic acids is 1. The van der Waals surface area contributed by atoms with Crippen molar-refractivity contribution in [3.8, 4) is 0 Å². The van der Waals surface area contributed by atoms with E-state index in [4.69, 9.17) is 10.5 Å². The van der Waals surface area contributed by atoms with Crippen molar-refractivity contribution in [2.75, 3.05) is 23.8 Å². The Morgan fingerprint density at radius 3 is 2.80 bits per heavy atom. The van der Waals surface area contributed by atoms with Gasteiger partial charge >= 0.3 is 5.97 Å². The molecule has 0 unspecified atom stereocenters. The van der Waals surface area contributed by atoms with Crippen molar-refractivity contribution >= 4 is 17.5 Å². The third-order valence-corrected chi connectivity index (χ3v) is 3.51. The van der Waals surface area contributed by atoms with E-state index in [2.05, 4.69) is 23.7 Å². The third kappa shape index (κ3) is 3.21. The second-order valence-electron chi connectivity index (χ2n) is 5.51. The molecular formula is C15H23N3O2. The summed E-state index contributed by atoms with van der Waals surface area (Å²) in [5, 5.41) is 0. The van der Waals surface area contributed by atoms with Gasteiger partial charge in [0.1, 0.15) is 0 Å². The van der Waals surface area contributed by atoms with Gasteiger partial charge in [0.25, 0.3) is 0 Å². The monoisotopic (exact) mass is 277 g/mol. The highest BCUT2D eigenvalue weighted by Crippen LogP contribution is 2.34. The Kier molecular flexibility index (Phi) is 4.47. The van der Waals surface area contributed by atoms with Gasteiger partial charge in [-0.1, -0.05) is 0 Å². The van der Waals surface area contributed by atoms with Crippen LogP contribution < -0.4 is 10.6 Å². The molecule has 5 nitrogen and oxygen atoms in total. The lowest BCUT2D eigenvalue weighted by Gasteiger charge is -2.29. The molecule has 0 saturated heterocycles. The molecule has 0 aromatic carbocycles. The van der Waals surface area contributed by atoms with Gasteiger partial charge in [-0.2, -0.15) is 0 Å². The molecule has 20 heavy (non-hydrogen) atoms. The van der Waals surface area contributed by atoms with Crippen molar-refractivity contribution in [1.29, 1.82) is 0 Å². The number of aromatic nitrogens is 1. The van der Waals surface area contributed by atoms with Crippen LogP contribution in [0.3, 0.4) is 0 Å². The van der Waals surface area contributed by atoms with Crippen LogP contribution in [0.15, 0.2) is 12.3 Å². The van der Waals surface area contributed by atoms with Crippen molar-refractivity contribution in [2.45, 2.75) is 39.7 Å². The maximum Gasteiger partial charge on any atom is 0.340 e. The first kappa shape index (κ1) is 14.6. The molecule has 1 aliphatic carbocycles. The van der Waals surface area contributed by atoms with Crippen molar-refractivity contribution in [3.63, 3.8) is 0 Å². The Morgan fingerprint density at radius 1 is 1.55 bits per heavy atom. The fraction of sp³-hybridized carbons (Fsp3) is 0.600. The van der Waals surface area contributed by atoms with Crippen LogP contribution in [0.4, 0.5) is 11.5 Å². The Bertz CT molecular complexity index is 484. The second-order valence-corrected chi connectivity index (χ2v) is 5.51. The summed E-state index contributed by atoms with van der Waals surface area (Å²) in [7, 11) is 0. The van der Waals surface area contributed by atoms with E-state index in [-0.39, 0.29) is 5.97 Å². The summed E-state index contributed by atoms with van der Waals surface area (Å²) in [5.74, 6) is 1.03. The SMILES string of the molecule is CCOC(=O)c1ccnc(N(CC2CC2)C(C)C)c1N. The fourth-order valence-corrected chi connectivity index (χ4v) is 2.20. The Morgan fingerprint density at radius 2 is 2.25 bits per heavy atom. The highest BCUT2D eigenvalue weighted by atomic mass is 16.5. The van der Waals surface area contributed by atoms with E-state index < -0.39 is 0 Å². The van der Waals surface area contributed by atoms with E-state index in [1.807, 2.05) is 0 Å². The first-order chi connectivity index (χ1) is 9.54. The Balaban J connectivity index is 2.29. The van der Waals surface area contributed by atoms with Crippen molar-refractivity contribution in [1.82, 2.24) is 4.98 Å². The quantitative estimate of drug-likeness (QED) is 0.809. The molecule has 0 bridgehead atoms. The lowest BCUT2D eigenvalue weighted by molar-refractivity contribution is 0.0527. The number of rotatable bonds is 6. The summed E-state index contributed by atoms with van der Waals surface area (Å²) < 4.78 is 5.03. The zero-order valence-corrected chi connectivity index (χ0v) is 12.4. The predicted molar refractivity (Wildman–Crippen MR) is 79.8 cm³/mol. The fourth-order valence-electron chi connectivity index (χ4n) is 2.20. The topological polar surface area (TPSA) is 68.5 Å². The van der Waals surface area contributed by atoms with E-state index in [9.17, 15) is 4.79 Å². The van der Waals surface area contributed by atoms with Crippen molar-refractivity contribution < 1.29 is 9.53 Å². The smallest absolute Gasteiger partial charge is 0.340 e. The van der Waals surface area contributed by atoms with Crippen LogP contribution >= 0.6 is 0 Å². The van der Waals surface area contributed by atoms with Crippen LogP contribution in [0.25, 0.3) is 0 Å². The van der Waals surface area contributed by atoms with E-state index in [0.29, 0.717) is 29.7 Å². The van der Waals surface area contributed by atoms with Crippen LogP contribution in [0.1, 0.15) is 44.0 Å². The maximum atomic E-state index is 11.9. The number of nitrogen functional groups attached to an aromatic ring is 1. The summed E-state index contributed by atoms with van der Waals surface area (Å²) in [4.78, 5) is 18.4. The summed E-state index contributed by atoms with van der Waals surface area (Å²) in [6, 6.07) is 1.91. The molecule has 1 aliphatic rings. The molecule has 1 aromatic rings. The standard InChI is InChI=1S/C15H23N3O2/c1-4-20-15(19)12-7-8-17-14(13(12)16)18(10(2)3)9-11-5-6-11/h7-8,10-11H,4-6,9,16H2,1-3H3. The summed E-state index contributed by atoms with van der Waals surface area (Å²) >= 11 is 0. The molecule has 5 heteroatoms. The molecule has 1 heterocycles. The molecule has 2 rings (SSSR count). The number of esters is 1. The summed E-state index contributed by atoms with van der Waals surface area (Å²) in [6.07, 6.45) is 4.15. The lowest BCUT2D eigenvalue weighted by atomic mass is 10.2. The van der Waals surface area contributed by atoms with E-state index in [1.165, 1.54) is 12.8 Å². The zero-order chi connectivity index (χ0) is 14.7. The molecule has 1 aromatic heterocycles. The van der Waals surface area contributed by atoms with Gasteiger partial charge < -0.3 is 15.4 Å². The number of hydrogen-bond acceptors (Lipinski definition) is 5. The van der Waals surface area contributed by atoms with E-state index in [1.54, 1.807) is 19.2 Å². The summed E-state index contributed by atoms with van der Waals surface area (Å²) in [6.45, 7) is 7.29. The minimum atomic E-state index is -0.385. The summed E-state index contributed by atoms with van der Waals surface area (Å²) in [5.41, 5.74) is 6.96. The first-order valence-corrected chi connectivity index (χ1v) is 7.22. The third-order valence-electron chi connectivity index (χ3n) is 3.51. The average Bonchev–Trinajstić information content (AvgIpc) is 3.20. The van der Waals surface area contributed by atoms with Gasteiger partial charge in [-0.15, -0.1) is 0 Å². The van der Waals surface area contributed by atoms with Crippen LogP contribution in [0.5, 0.6) is 0 Å². The Labute approximate surface area is 120 Å². The number of nitrogens with zero attached hydrogens (tertiary/aromatic N) is 2. The second kappa shape index (κ2) is 6.11. The largest absolute Gasteiger partial charge is 0.462 e. The van der Waals surface area contributed by atoms with Gasteiger partial charge in [0, 0.05) is 18.8 Å². The lowest BCUT2D eigenvalue weighted by Crippen LogP contribution is -2.34. The van der Waals surface area contributed by atoms with Gasteiger partial charge in [0.05, 0.1) is 17.9 Å². The van der Waals surface area contributed by atoms with Crippen LogP contribution in [0, 0.1) is 5.92 Å². The molecule has 110 valence electrons. The van der Waals surface area contributed by atoms with Crippen molar-refractivity contribution in [2.24, 2.45) is 5.92 Å². The van der Waals surface area contributed by atoms with Crippen LogP contribution in [-0.4, -0.2) is 30.1 Å². The normalized spacial score (nSPS) is 14.4. The molecule has 1 saturated carbocycles. The van der Waals surface area contributed by atoms with Gasteiger partial charge in [-0.3, -0.25) is 0 Å². The van der Waals surface area contributed by atoms with Crippen LogP contribution in [0.2, 0.25) is 0 Å². The molecule has 0 radical (unpaired) electrons. The number of hydrogen-bond donors (Lipinski definition) is 1. The van der Waals surface area contributed by atoms with Gasteiger partial charge in [0.2, 0.25) is 0 Å². The molecular weight excluding hydrogens is 254 g/mol. The molecule has 0 amide bonds. The Hall–Kier alpha value is -1.78. The van der Waals surface area contributed by atoms with Gasteiger partial charge in [0.15, 0.2) is 5.82 Å².